The summed E-state index contributed by atoms with van der Waals surface area (Å²) in [6.45, 7) is 4.89. The molecule has 0 bridgehead atoms. The van der Waals surface area contributed by atoms with Crippen molar-refractivity contribution in [1.29, 1.82) is 0 Å². The molecule has 2 aromatic rings. The van der Waals surface area contributed by atoms with E-state index in [1.54, 1.807) is 19.3 Å². The van der Waals surface area contributed by atoms with Gasteiger partial charge in [0.1, 0.15) is 5.82 Å². The highest BCUT2D eigenvalue weighted by molar-refractivity contribution is 7.88. The maximum absolute atomic E-state index is 12.2. The molecule has 0 unspecified atom stereocenters. The summed E-state index contributed by atoms with van der Waals surface area (Å²) in [5, 5.41) is 2.79. The Balaban J connectivity index is 1.63. The average Bonchev–Trinajstić information content (AvgIpc) is 2.97. The molecule has 0 fully saturated rings. The lowest BCUT2D eigenvalue weighted by Crippen LogP contribution is -2.40. The summed E-state index contributed by atoms with van der Waals surface area (Å²) in [5.74, 6) is 0.490. The van der Waals surface area contributed by atoms with Gasteiger partial charge in [-0.1, -0.05) is 0 Å². The molecule has 140 valence electrons. The Morgan fingerprint density at radius 1 is 1.27 bits per heavy atom. The normalized spacial score (nSPS) is 17.7. The molecule has 1 aliphatic heterocycles. The van der Waals surface area contributed by atoms with Crippen molar-refractivity contribution < 1.29 is 13.2 Å². The third-order valence-electron chi connectivity index (χ3n) is 4.29. The van der Waals surface area contributed by atoms with Crippen molar-refractivity contribution in [2.45, 2.75) is 39.4 Å². The molecule has 0 aromatic carbocycles. The number of hydrogen-bond donors (Lipinski definition) is 1. The molecule has 0 radical (unpaired) electrons. The van der Waals surface area contributed by atoms with Crippen LogP contribution in [0.25, 0.3) is 0 Å². The summed E-state index contributed by atoms with van der Waals surface area (Å²) in [6.07, 6.45) is 6.43. The van der Waals surface area contributed by atoms with Gasteiger partial charge in [-0.2, -0.15) is 4.31 Å². The topological polar surface area (TPSA) is 110 Å². The molecule has 1 N–H and O–H groups in total. The monoisotopic (exact) mass is 378 g/mol. The second-order valence-corrected chi connectivity index (χ2v) is 8.37. The number of carbonyl (C=O) groups excluding carboxylic acids is 1. The lowest BCUT2D eigenvalue weighted by Gasteiger charge is -2.31. The Kier molecular flexibility index (Phi) is 5.05. The zero-order chi connectivity index (χ0) is 18.9. The number of aryl methyl sites for hydroxylation is 1. The van der Waals surface area contributed by atoms with Crippen molar-refractivity contribution >= 4 is 15.9 Å². The van der Waals surface area contributed by atoms with Crippen LogP contribution in [0.4, 0.5) is 0 Å². The van der Waals surface area contributed by atoms with Gasteiger partial charge in [0.25, 0.3) is 0 Å². The van der Waals surface area contributed by atoms with Gasteiger partial charge < -0.3 is 9.88 Å². The summed E-state index contributed by atoms with van der Waals surface area (Å²) in [6, 6.07) is -0.349. The van der Waals surface area contributed by atoms with E-state index in [2.05, 4.69) is 20.3 Å². The Bertz CT molecular complexity index is 907. The quantitative estimate of drug-likeness (QED) is 0.795. The van der Waals surface area contributed by atoms with Crippen molar-refractivity contribution in [2.24, 2.45) is 0 Å². The molecule has 0 spiro atoms. The largest absolute Gasteiger partial charge is 0.350 e. The lowest BCUT2D eigenvalue weighted by molar-refractivity contribution is -0.120. The smallest absolute Gasteiger partial charge is 0.226 e. The standard InChI is InChI=1S/C16H22N6O3S/c1-11-7-18-14(8-17-11)9-19-15(23)6-13-10-21-4-5-22(26(3,24)25)12(2)16(21)20-13/h7-8,10,12H,4-6,9H2,1-3H3,(H,19,23)/t12-/m1/s1. The van der Waals surface area contributed by atoms with Gasteiger partial charge in [0.15, 0.2) is 0 Å². The molecule has 2 aromatic heterocycles. The fourth-order valence-corrected chi connectivity index (χ4v) is 4.07. The third-order valence-corrected chi connectivity index (χ3v) is 5.64. The summed E-state index contributed by atoms with van der Waals surface area (Å²) in [5.41, 5.74) is 2.13. The van der Waals surface area contributed by atoms with Gasteiger partial charge >= 0.3 is 0 Å². The number of nitrogens with zero attached hydrogens (tertiary/aromatic N) is 5. The molecule has 10 heteroatoms. The Labute approximate surface area is 152 Å². The van der Waals surface area contributed by atoms with Crippen LogP contribution in [0, 0.1) is 6.92 Å². The van der Waals surface area contributed by atoms with E-state index in [-0.39, 0.29) is 18.4 Å². The number of hydrogen-bond acceptors (Lipinski definition) is 6. The van der Waals surface area contributed by atoms with Crippen LogP contribution >= 0.6 is 0 Å². The van der Waals surface area contributed by atoms with E-state index in [4.69, 9.17) is 0 Å². The fraction of sp³-hybridized carbons (Fsp3) is 0.500. The van der Waals surface area contributed by atoms with Crippen LogP contribution in [0.2, 0.25) is 0 Å². The maximum Gasteiger partial charge on any atom is 0.226 e. The number of nitrogens with one attached hydrogen (secondary N) is 1. The highest BCUT2D eigenvalue weighted by Gasteiger charge is 2.32. The number of fused-ring (bicyclic) bond motifs is 1. The van der Waals surface area contributed by atoms with E-state index >= 15 is 0 Å². The van der Waals surface area contributed by atoms with Crippen molar-refractivity contribution in [3.8, 4) is 0 Å². The van der Waals surface area contributed by atoms with Crippen LogP contribution in [0.15, 0.2) is 18.6 Å². The molecule has 3 rings (SSSR count). The van der Waals surface area contributed by atoms with Crippen molar-refractivity contribution in [1.82, 2.24) is 29.1 Å². The fourth-order valence-electron chi connectivity index (χ4n) is 2.99. The minimum absolute atomic E-state index is 0.130. The SMILES string of the molecule is Cc1cnc(CNC(=O)Cc2cn3c(n2)[C@@H](C)N(S(C)(=O)=O)CC3)cn1. The second-order valence-electron chi connectivity index (χ2n) is 6.44. The zero-order valence-electron chi connectivity index (χ0n) is 15.0. The maximum atomic E-state index is 12.2. The number of aromatic nitrogens is 4. The first kappa shape index (κ1) is 18.5. The minimum atomic E-state index is -3.29. The molecule has 0 saturated carbocycles. The van der Waals surface area contributed by atoms with Crippen LogP contribution < -0.4 is 5.32 Å². The molecule has 1 atom stereocenters. The molecule has 1 aliphatic rings. The summed E-state index contributed by atoms with van der Waals surface area (Å²) in [4.78, 5) is 25.0. The third kappa shape index (κ3) is 4.07. The molecule has 9 nitrogen and oxygen atoms in total. The highest BCUT2D eigenvalue weighted by Crippen LogP contribution is 2.26. The Hall–Kier alpha value is -2.33. The Morgan fingerprint density at radius 2 is 2.04 bits per heavy atom. The summed E-state index contributed by atoms with van der Waals surface area (Å²) in [7, 11) is -3.29. The predicted molar refractivity (Wildman–Crippen MR) is 94.5 cm³/mol. The first-order valence-electron chi connectivity index (χ1n) is 8.31. The molecular weight excluding hydrogens is 356 g/mol. The van der Waals surface area contributed by atoms with Gasteiger partial charge in [0, 0.05) is 25.5 Å². The average molecular weight is 378 g/mol. The molecule has 1 amide bonds. The van der Waals surface area contributed by atoms with Crippen LogP contribution in [-0.4, -0.2) is 50.9 Å². The number of sulfonamides is 1. The predicted octanol–water partition coefficient (Wildman–Crippen LogP) is 0.177. The van der Waals surface area contributed by atoms with Crippen LogP contribution in [0.5, 0.6) is 0 Å². The van der Waals surface area contributed by atoms with E-state index in [1.807, 2.05) is 17.7 Å². The van der Waals surface area contributed by atoms with Gasteiger partial charge in [0.2, 0.25) is 15.9 Å². The number of amides is 1. The van der Waals surface area contributed by atoms with E-state index in [0.717, 1.165) is 5.69 Å². The van der Waals surface area contributed by atoms with Crippen LogP contribution in [-0.2, 0) is 34.3 Å². The van der Waals surface area contributed by atoms with Gasteiger partial charge in [-0.15, -0.1) is 0 Å². The van der Waals surface area contributed by atoms with E-state index < -0.39 is 10.0 Å². The molecular formula is C16H22N6O3S. The van der Waals surface area contributed by atoms with E-state index in [0.29, 0.717) is 36.8 Å². The summed E-state index contributed by atoms with van der Waals surface area (Å²) < 4.78 is 27.0. The number of rotatable bonds is 5. The van der Waals surface area contributed by atoms with Crippen LogP contribution in [0.3, 0.4) is 0 Å². The first-order valence-corrected chi connectivity index (χ1v) is 10.2. The van der Waals surface area contributed by atoms with E-state index in [1.165, 1.54) is 10.6 Å². The van der Waals surface area contributed by atoms with Crippen LogP contribution in [0.1, 0.15) is 35.9 Å². The summed E-state index contributed by atoms with van der Waals surface area (Å²) >= 11 is 0. The molecule has 0 aliphatic carbocycles. The second kappa shape index (κ2) is 7.12. The number of imidazole rings is 1. The lowest BCUT2D eigenvalue weighted by atomic mass is 10.2. The Morgan fingerprint density at radius 3 is 2.69 bits per heavy atom. The van der Waals surface area contributed by atoms with Crippen molar-refractivity contribution in [3.05, 3.63) is 41.5 Å². The van der Waals surface area contributed by atoms with E-state index in [9.17, 15) is 13.2 Å². The van der Waals surface area contributed by atoms with Crippen molar-refractivity contribution in [2.75, 3.05) is 12.8 Å². The highest BCUT2D eigenvalue weighted by atomic mass is 32.2. The zero-order valence-corrected chi connectivity index (χ0v) is 15.8. The van der Waals surface area contributed by atoms with Gasteiger partial charge in [-0.05, 0) is 13.8 Å². The first-order chi connectivity index (χ1) is 12.2. The molecule has 26 heavy (non-hydrogen) atoms. The molecule has 3 heterocycles. The van der Waals surface area contributed by atoms with Gasteiger partial charge in [-0.25, -0.2) is 13.4 Å². The number of carbonyl (C=O) groups is 1. The molecule has 0 saturated heterocycles. The van der Waals surface area contributed by atoms with Crippen molar-refractivity contribution in [3.63, 3.8) is 0 Å². The van der Waals surface area contributed by atoms with Gasteiger partial charge in [0.05, 0.1) is 48.5 Å². The minimum Gasteiger partial charge on any atom is -0.350 e. The van der Waals surface area contributed by atoms with Gasteiger partial charge in [-0.3, -0.25) is 14.8 Å².